The Kier molecular flexibility index (Phi) is 5.22. The monoisotopic (exact) mass is 316 g/mol. The van der Waals surface area contributed by atoms with Crippen LogP contribution in [-0.4, -0.2) is 23.6 Å². The zero-order valence-electron chi connectivity index (χ0n) is 13.0. The van der Waals surface area contributed by atoms with Gasteiger partial charge in [-0.2, -0.15) is 5.26 Å². The van der Waals surface area contributed by atoms with Gasteiger partial charge in [0.2, 0.25) is 5.91 Å². The summed E-state index contributed by atoms with van der Waals surface area (Å²) in [6.07, 6.45) is 3.05. The van der Waals surface area contributed by atoms with Crippen LogP contribution in [0.3, 0.4) is 0 Å². The number of carboxylic acids is 1. The van der Waals surface area contributed by atoms with Crippen molar-refractivity contribution in [3.05, 3.63) is 29.8 Å². The molecule has 1 unspecified atom stereocenters. The molecule has 6 nitrogen and oxygen atoms in total. The molecule has 1 aliphatic carbocycles. The lowest BCUT2D eigenvalue weighted by molar-refractivity contribution is -0.139. The van der Waals surface area contributed by atoms with Gasteiger partial charge in [0, 0.05) is 0 Å². The molecular weight excluding hydrogens is 296 g/mol. The highest BCUT2D eigenvalue weighted by Crippen LogP contribution is 2.38. The van der Waals surface area contributed by atoms with Crippen molar-refractivity contribution in [1.82, 2.24) is 5.32 Å². The summed E-state index contributed by atoms with van der Waals surface area (Å²) in [6, 6.07) is 8.82. The molecule has 0 saturated heterocycles. The summed E-state index contributed by atoms with van der Waals surface area (Å²) in [7, 11) is 0. The summed E-state index contributed by atoms with van der Waals surface area (Å²) >= 11 is 0. The van der Waals surface area contributed by atoms with Crippen LogP contribution in [0.5, 0.6) is 5.75 Å². The molecule has 0 spiro atoms. The molecule has 2 rings (SSSR count). The zero-order chi connectivity index (χ0) is 16.9. The molecule has 1 aromatic rings. The lowest BCUT2D eigenvalue weighted by Crippen LogP contribution is -2.39. The number of aliphatic carboxylic acids is 1. The normalized spacial score (nSPS) is 17.0. The molecule has 1 amide bonds. The van der Waals surface area contributed by atoms with Gasteiger partial charge in [-0.25, -0.2) is 4.79 Å². The van der Waals surface area contributed by atoms with E-state index in [1.807, 2.05) is 6.92 Å². The van der Waals surface area contributed by atoms with Crippen LogP contribution in [0.15, 0.2) is 24.3 Å². The molecule has 1 atom stereocenters. The van der Waals surface area contributed by atoms with Crippen LogP contribution in [0.4, 0.5) is 0 Å². The number of carbonyl (C=O) groups excluding carboxylic acids is 1. The fourth-order valence-electron chi connectivity index (χ4n) is 2.78. The number of rotatable bonds is 6. The van der Waals surface area contributed by atoms with Crippen LogP contribution in [0.1, 0.15) is 44.2 Å². The first-order valence-corrected chi connectivity index (χ1v) is 7.63. The van der Waals surface area contributed by atoms with Crippen molar-refractivity contribution < 1.29 is 19.4 Å². The molecule has 1 aromatic carbocycles. The number of hydrogen-bond donors (Lipinski definition) is 2. The van der Waals surface area contributed by atoms with E-state index in [0.717, 1.165) is 18.4 Å². The topological polar surface area (TPSA) is 99.4 Å². The number of amides is 1. The van der Waals surface area contributed by atoms with E-state index in [0.29, 0.717) is 18.6 Å². The summed E-state index contributed by atoms with van der Waals surface area (Å²) in [5.74, 6) is -0.789. The third-order valence-corrected chi connectivity index (χ3v) is 4.20. The molecule has 1 fully saturated rings. The summed E-state index contributed by atoms with van der Waals surface area (Å²) in [4.78, 5) is 22.9. The standard InChI is InChI=1S/C17H20N2O4/c1-12(19-16(22)17(11-18)8-2-3-9-17)13-4-6-14(7-5-13)23-10-15(20)21/h4-7,12H,2-3,8-10H2,1H3,(H,19,22)(H,20,21). The fourth-order valence-corrected chi connectivity index (χ4v) is 2.78. The van der Waals surface area contributed by atoms with Gasteiger partial charge in [0.25, 0.3) is 0 Å². The van der Waals surface area contributed by atoms with Gasteiger partial charge in [0.15, 0.2) is 6.61 Å². The minimum atomic E-state index is -1.03. The third kappa shape index (κ3) is 4.01. The molecule has 122 valence electrons. The number of carbonyl (C=O) groups is 2. The van der Waals surface area contributed by atoms with Crippen molar-refractivity contribution >= 4 is 11.9 Å². The molecular formula is C17H20N2O4. The lowest BCUT2D eigenvalue weighted by atomic mass is 9.86. The Bertz CT molecular complexity index is 612. The minimum absolute atomic E-state index is 0.212. The van der Waals surface area contributed by atoms with E-state index in [-0.39, 0.29) is 11.9 Å². The molecule has 6 heteroatoms. The number of nitriles is 1. The van der Waals surface area contributed by atoms with E-state index < -0.39 is 18.0 Å². The van der Waals surface area contributed by atoms with Gasteiger partial charge in [0.05, 0.1) is 12.1 Å². The van der Waals surface area contributed by atoms with Crippen molar-refractivity contribution in [3.8, 4) is 11.8 Å². The van der Waals surface area contributed by atoms with Crippen LogP contribution in [0.25, 0.3) is 0 Å². The van der Waals surface area contributed by atoms with Crippen LogP contribution in [0, 0.1) is 16.7 Å². The van der Waals surface area contributed by atoms with Crippen LogP contribution < -0.4 is 10.1 Å². The number of nitrogens with zero attached hydrogens (tertiary/aromatic N) is 1. The summed E-state index contributed by atoms with van der Waals surface area (Å²) < 4.78 is 5.07. The zero-order valence-corrected chi connectivity index (χ0v) is 13.0. The average molecular weight is 316 g/mol. The number of hydrogen-bond acceptors (Lipinski definition) is 4. The van der Waals surface area contributed by atoms with E-state index in [1.165, 1.54) is 0 Å². The van der Waals surface area contributed by atoms with Crippen molar-refractivity contribution in [2.75, 3.05) is 6.61 Å². The molecule has 0 aliphatic heterocycles. The van der Waals surface area contributed by atoms with Crippen LogP contribution >= 0.6 is 0 Å². The second-order valence-corrected chi connectivity index (χ2v) is 5.85. The predicted octanol–water partition coefficient (Wildman–Crippen LogP) is 2.41. The number of ether oxygens (including phenoxy) is 1. The third-order valence-electron chi connectivity index (χ3n) is 4.20. The van der Waals surface area contributed by atoms with E-state index in [1.54, 1.807) is 24.3 Å². The summed E-state index contributed by atoms with van der Waals surface area (Å²) in [5.41, 5.74) is -0.0224. The molecule has 23 heavy (non-hydrogen) atoms. The van der Waals surface area contributed by atoms with Gasteiger partial charge in [0.1, 0.15) is 11.2 Å². The predicted molar refractivity (Wildman–Crippen MR) is 82.6 cm³/mol. The van der Waals surface area contributed by atoms with Crippen LogP contribution in [-0.2, 0) is 9.59 Å². The summed E-state index contributed by atoms with van der Waals surface area (Å²) in [5, 5.41) is 20.8. The molecule has 0 aromatic heterocycles. The van der Waals surface area contributed by atoms with E-state index in [4.69, 9.17) is 9.84 Å². The Labute approximate surface area is 135 Å². The first kappa shape index (κ1) is 16.8. The second-order valence-electron chi connectivity index (χ2n) is 5.85. The molecule has 0 bridgehead atoms. The largest absolute Gasteiger partial charge is 0.482 e. The quantitative estimate of drug-likeness (QED) is 0.839. The van der Waals surface area contributed by atoms with Crippen molar-refractivity contribution in [1.29, 1.82) is 5.26 Å². The highest BCUT2D eigenvalue weighted by Gasteiger charge is 2.41. The van der Waals surface area contributed by atoms with Gasteiger partial charge in [-0.05, 0) is 37.5 Å². The highest BCUT2D eigenvalue weighted by molar-refractivity contribution is 5.86. The maximum atomic E-state index is 12.4. The SMILES string of the molecule is CC(NC(=O)C1(C#N)CCCC1)c1ccc(OCC(=O)O)cc1. The molecule has 1 aliphatic rings. The Hall–Kier alpha value is -2.55. The smallest absolute Gasteiger partial charge is 0.341 e. The van der Waals surface area contributed by atoms with Crippen molar-refractivity contribution in [3.63, 3.8) is 0 Å². The van der Waals surface area contributed by atoms with Gasteiger partial charge in [-0.15, -0.1) is 0 Å². The van der Waals surface area contributed by atoms with Crippen LogP contribution in [0.2, 0.25) is 0 Å². The second kappa shape index (κ2) is 7.14. The van der Waals surface area contributed by atoms with Gasteiger partial charge in [-0.1, -0.05) is 25.0 Å². The molecule has 0 heterocycles. The molecule has 2 N–H and O–H groups in total. The van der Waals surface area contributed by atoms with Crippen molar-refractivity contribution in [2.24, 2.45) is 5.41 Å². The first-order valence-electron chi connectivity index (χ1n) is 7.63. The minimum Gasteiger partial charge on any atom is -0.482 e. The van der Waals surface area contributed by atoms with Gasteiger partial charge in [-0.3, -0.25) is 4.79 Å². The first-order chi connectivity index (χ1) is 11.0. The highest BCUT2D eigenvalue weighted by atomic mass is 16.5. The van der Waals surface area contributed by atoms with Crippen molar-refractivity contribution in [2.45, 2.75) is 38.6 Å². The van der Waals surface area contributed by atoms with E-state index in [9.17, 15) is 14.9 Å². The fraction of sp³-hybridized carbons (Fsp3) is 0.471. The Balaban J connectivity index is 1.97. The molecule has 0 radical (unpaired) electrons. The average Bonchev–Trinajstić information content (AvgIpc) is 3.03. The van der Waals surface area contributed by atoms with E-state index >= 15 is 0 Å². The van der Waals surface area contributed by atoms with Gasteiger partial charge < -0.3 is 15.2 Å². The number of benzene rings is 1. The van der Waals surface area contributed by atoms with E-state index in [2.05, 4.69) is 11.4 Å². The van der Waals surface area contributed by atoms with Gasteiger partial charge >= 0.3 is 5.97 Å². The Morgan fingerprint density at radius 1 is 1.35 bits per heavy atom. The Morgan fingerprint density at radius 3 is 2.48 bits per heavy atom. The summed E-state index contributed by atoms with van der Waals surface area (Å²) in [6.45, 7) is 1.46. The maximum absolute atomic E-state index is 12.4. The molecule has 1 saturated carbocycles. The number of carboxylic acid groups (broad SMARTS) is 1. The number of nitrogens with one attached hydrogen (secondary N) is 1. The maximum Gasteiger partial charge on any atom is 0.341 e. The lowest BCUT2D eigenvalue weighted by Gasteiger charge is -2.23. The Morgan fingerprint density at radius 2 is 1.96 bits per heavy atom.